The molecule has 2 saturated carbocycles. The molecule has 1 heteroatoms. The highest BCUT2D eigenvalue weighted by Gasteiger charge is 2.38. The molecule has 24 heavy (non-hydrogen) atoms. The number of hydrogen-bond acceptors (Lipinski definition) is 1. The zero-order chi connectivity index (χ0) is 17.6. The molecule has 3 atom stereocenters. The Labute approximate surface area is 150 Å². The molecule has 2 aliphatic rings. The Kier molecular flexibility index (Phi) is 7.34. The van der Waals surface area contributed by atoms with Crippen molar-refractivity contribution in [2.75, 3.05) is 6.54 Å². The number of nitrogens with one attached hydrogen (secondary N) is 1. The van der Waals surface area contributed by atoms with Crippen LogP contribution in [0.15, 0.2) is 37.0 Å². The summed E-state index contributed by atoms with van der Waals surface area (Å²) in [6, 6.07) is 0.709. The topological polar surface area (TPSA) is 12.0 Å². The smallest absolute Gasteiger partial charge is 0.0167 e. The van der Waals surface area contributed by atoms with E-state index in [1.807, 2.05) is 0 Å². The first-order valence-electron chi connectivity index (χ1n) is 10.2. The van der Waals surface area contributed by atoms with Gasteiger partial charge in [-0.2, -0.15) is 0 Å². The third-order valence-corrected chi connectivity index (χ3v) is 6.71. The summed E-state index contributed by atoms with van der Waals surface area (Å²) in [6.45, 7) is 18.4. The lowest BCUT2D eigenvalue weighted by Crippen LogP contribution is -2.37. The molecule has 2 fully saturated rings. The first-order chi connectivity index (χ1) is 11.5. The molecule has 2 rings (SSSR count). The molecule has 0 aromatic carbocycles. The van der Waals surface area contributed by atoms with Crippen LogP contribution in [0, 0.1) is 17.3 Å². The van der Waals surface area contributed by atoms with Crippen LogP contribution in [-0.2, 0) is 0 Å². The SMILES string of the molecule is C=C[C@]1(C)CC[C@@H](C(=C)CNC2CCCCCCC2)C[C@H]1C(=C)C. The van der Waals surface area contributed by atoms with Crippen LogP contribution in [0.5, 0.6) is 0 Å². The summed E-state index contributed by atoms with van der Waals surface area (Å²) in [7, 11) is 0. The van der Waals surface area contributed by atoms with Gasteiger partial charge in [0.25, 0.3) is 0 Å². The van der Waals surface area contributed by atoms with Gasteiger partial charge in [0.2, 0.25) is 0 Å². The van der Waals surface area contributed by atoms with Gasteiger partial charge in [-0.3, -0.25) is 0 Å². The van der Waals surface area contributed by atoms with Gasteiger partial charge in [0.05, 0.1) is 0 Å². The molecule has 0 bridgehead atoms. The van der Waals surface area contributed by atoms with E-state index in [4.69, 9.17) is 0 Å². The van der Waals surface area contributed by atoms with E-state index in [0.29, 0.717) is 17.9 Å². The second kappa shape index (κ2) is 9.04. The summed E-state index contributed by atoms with van der Waals surface area (Å²) in [5, 5.41) is 3.82. The Morgan fingerprint density at radius 2 is 1.71 bits per heavy atom. The second-order valence-electron chi connectivity index (χ2n) is 8.66. The summed E-state index contributed by atoms with van der Waals surface area (Å²) in [6.07, 6.45) is 15.6. The van der Waals surface area contributed by atoms with E-state index >= 15 is 0 Å². The summed E-state index contributed by atoms with van der Waals surface area (Å²) < 4.78 is 0. The Morgan fingerprint density at radius 1 is 1.08 bits per heavy atom. The average Bonchev–Trinajstić information content (AvgIpc) is 2.53. The first-order valence-corrected chi connectivity index (χ1v) is 10.2. The Balaban J connectivity index is 1.86. The molecule has 1 N–H and O–H groups in total. The maximum Gasteiger partial charge on any atom is 0.0167 e. The van der Waals surface area contributed by atoms with Crippen molar-refractivity contribution in [1.82, 2.24) is 5.32 Å². The number of hydrogen-bond donors (Lipinski definition) is 1. The van der Waals surface area contributed by atoms with E-state index in [2.05, 4.69) is 45.0 Å². The van der Waals surface area contributed by atoms with Crippen LogP contribution >= 0.6 is 0 Å². The van der Waals surface area contributed by atoms with Crippen LogP contribution in [0.1, 0.15) is 78.1 Å². The van der Waals surface area contributed by atoms with Crippen molar-refractivity contribution in [3.63, 3.8) is 0 Å². The lowest BCUT2D eigenvalue weighted by Gasteiger charge is -2.44. The molecule has 0 aromatic rings. The van der Waals surface area contributed by atoms with Crippen LogP contribution in [0.3, 0.4) is 0 Å². The van der Waals surface area contributed by atoms with Gasteiger partial charge >= 0.3 is 0 Å². The van der Waals surface area contributed by atoms with Crippen molar-refractivity contribution in [2.45, 2.75) is 84.1 Å². The van der Waals surface area contributed by atoms with Crippen LogP contribution < -0.4 is 5.32 Å². The predicted molar refractivity (Wildman–Crippen MR) is 107 cm³/mol. The molecule has 0 radical (unpaired) electrons. The monoisotopic (exact) mass is 329 g/mol. The lowest BCUT2D eigenvalue weighted by molar-refractivity contribution is 0.168. The Hall–Kier alpha value is -0.820. The van der Waals surface area contributed by atoms with Gasteiger partial charge in [0, 0.05) is 12.6 Å². The Bertz CT molecular complexity index is 441. The predicted octanol–water partition coefficient (Wildman–Crippen LogP) is 6.43. The van der Waals surface area contributed by atoms with Crippen LogP contribution in [0.25, 0.3) is 0 Å². The number of allylic oxidation sites excluding steroid dienone is 2. The molecule has 0 aliphatic heterocycles. The zero-order valence-corrected chi connectivity index (χ0v) is 16.2. The van der Waals surface area contributed by atoms with Gasteiger partial charge in [-0.1, -0.05) is 69.4 Å². The van der Waals surface area contributed by atoms with E-state index in [1.54, 1.807) is 0 Å². The summed E-state index contributed by atoms with van der Waals surface area (Å²) in [5.74, 6) is 1.19. The third-order valence-electron chi connectivity index (χ3n) is 6.71. The van der Waals surface area contributed by atoms with Crippen LogP contribution in [0.2, 0.25) is 0 Å². The molecule has 1 nitrogen and oxygen atoms in total. The highest BCUT2D eigenvalue weighted by Crippen LogP contribution is 2.48. The van der Waals surface area contributed by atoms with E-state index < -0.39 is 0 Å². The van der Waals surface area contributed by atoms with Crippen molar-refractivity contribution in [1.29, 1.82) is 0 Å². The molecule has 0 aromatic heterocycles. The van der Waals surface area contributed by atoms with Crippen molar-refractivity contribution in [3.05, 3.63) is 37.0 Å². The van der Waals surface area contributed by atoms with Gasteiger partial charge in [-0.05, 0) is 56.3 Å². The molecular weight excluding hydrogens is 290 g/mol. The van der Waals surface area contributed by atoms with Crippen molar-refractivity contribution in [3.8, 4) is 0 Å². The quantitative estimate of drug-likeness (QED) is 0.554. The van der Waals surface area contributed by atoms with Crippen LogP contribution in [-0.4, -0.2) is 12.6 Å². The van der Waals surface area contributed by atoms with E-state index in [-0.39, 0.29) is 5.41 Å². The van der Waals surface area contributed by atoms with Crippen molar-refractivity contribution >= 4 is 0 Å². The molecule has 0 unspecified atom stereocenters. The largest absolute Gasteiger partial charge is 0.310 e. The van der Waals surface area contributed by atoms with Crippen LogP contribution in [0.4, 0.5) is 0 Å². The molecule has 0 amide bonds. The lowest BCUT2D eigenvalue weighted by atomic mass is 9.61. The summed E-state index contributed by atoms with van der Waals surface area (Å²) >= 11 is 0. The first kappa shape index (κ1) is 19.5. The van der Waals surface area contributed by atoms with Gasteiger partial charge in [-0.25, -0.2) is 0 Å². The maximum atomic E-state index is 4.45. The standard InChI is InChI=1S/C23H39N/c1-6-23(5)15-14-20(16-22(23)18(2)3)19(4)17-24-21-12-10-8-7-9-11-13-21/h6,20-22,24H,1-2,4,7-17H2,3,5H3/t20-,22+,23-/m1/s1. The van der Waals surface area contributed by atoms with E-state index in [9.17, 15) is 0 Å². The fourth-order valence-electron chi connectivity index (χ4n) is 4.79. The molecule has 0 saturated heterocycles. The van der Waals surface area contributed by atoms with Gasteiger partial charge in [0.1, 0.15) is 0 Å². The fourth-order valence-corrected chi connectivity index (χ4v) is 4.79. The van der Waals surface area contributed by atoms with Gasteiger partial charge in [0.15, 0.2) is 0 Å². The fraction of sp³-hybridized carbons (Fsp3) is 0.739. The molecular formula is C23H39N. The van der Waals surface area contributed by atoms with Crippen molar-refractivity contribution < 1.29 is 0 Å². The maximum absolute atomic E-state index is 4.45. The van der Waals surface area contributed by atoms with Gasteiger partial charge < -0.3 is 5.32 Å². The van der Waals surface area contributed by atoms with Gasteiger partial charge in [-0.15, -0.1) is 6.58 Å². The molecule has 136 valence electrons. The summed E-state index contributed by atoms with van der Waals surface area (Å²) in [5.41, 5.74) is 2.94. The third kappa shape index (κ3) is 5.09. The zero-order valence-electron chi connectivity index (χ0n) is 16.2. The highest BCUT2D eigenvalue weighted by molar-refractivity contribution is 5.16. The summed E-state index contributed by atoms with van der Waals surface area (Å²) in [4.78, 5) is 0. The minimum Gasteiger partial charge on any atom is -0.310 e. The minimum atomic E-state index is 0.218. The molecule has 2 aliphatic carbocycles. The second-order valence-corrected chi connectivity index (χ2v) is 8.66. The Morgan fingerprint density at radius 3 is 2.29 bits per heavy atom. The molecule has 0 heterocycles. The van der Waals surface area contributed by atoms with Crippen molar-refractivity contribution in [2.24, 2.45) is 17.3 Å². The minimum absolute atomic E-state index is 0.218. The average molecular weight is 330 g/mol. The normalized spacial score (nSPS) is 32.6. The number of rotatable bonds is 6. The van der Waals surface area contributed by atoms with E-state index in [1.165, 1.54) is 75.4 Å². The van der Waals surface area contributed by atoms with E-state index in [0.717, 1.165) is 6.54 Å². The molecule has 0 spiro atoms. The highest BCUT2D eigenvalue weighted by atomic mass is 14.9.